The van der Waals surface area contributed by atoms with Crippen molar-refractivity contribution in [1.29, 1.82) is 0 Å². The van der Waals surface area contributed by atoms with Crippen LogP contribution in [0.5, 0.6) is 0 Å². The first kappa shape index (κ1) is 18.7. The molecule has 0 saturated heterocycles. The number of ketones is 1. The highest BCUT2D eigenvalue weighted by Crippen LogP contribution is 2.43. The van der Waals surface area contributed by atoms with E-state index in [1.807, 2.05) is 6.07 Å². The number of Topliss-reactive ketones (excluding diaryl/α,β-unsaturated/α-hetero) is 1. The van der Waals surface area contributed by atoms with Crippen LogP contribution in [0.2, 0.25) is 0 Å². The molecule has 3 nitrogen and oxygen atoms in total. The van der Waals surface area contributed by atoms with E-state index in [1.165, 1.54) is 12.5 Å². The van der Waals surface area contributed by atoms with Crippen LogP contribution in [0.15, 0.2) is 30.3 Å². The summed E-state index contributed by atoms with van der Waals surface area (Å²) in [4.78, 5) is 23.8. The van der Waals surface area contributed by atoms with E-state index >= 15 is 0 Å². The minimum absolute atomic E-state index is 0.0776. The molecule has 1 aliphatic rings. The fraction of sp³-hybridized carbons (Fsp3) is 0.619. The Morgan fingerprint density at radius 3 is 2.38 bits per heavy atom. The van der Waals surface area contributed by atoms with Gasteiger partial charge in [0.25, 0.3) is 0 Å². The first-order valence-corrected chi connectivity index (χ1v) is 9.00. The second-order valence-corrected chi connectivity index (χ2v) is 7.92. The highest BCUT2D eigenvalue weighted by Gasteiger charge is 2.42. The highest BCUT2D eigenvalue weighted by atomic mass is 16.5. The average molecular weight is 330 g/mol. The van der Waals surface area contributed by atoms with Gasteiger partial charge in [0.05, 0.1) is 0 Å². The summed E-state index contributed by atoms with van der Waals surface area (Å²) in [5.41, 5.74) is 1.19. The average Bonchev–Trinajstić information content (AvgIpc) is 2.54. The summed E-state index contributed by atoms with van der Waals surface area (Å²) >= 11 is 0. The molecule has 0 unspecified atom stereocenters. The van der Waals surface area contributed by atoms with Crippen LogP contribution >= 0.6 is 0 Å². The number of esters is 1. The van der Waals surface area contributed by atoms with Crippen LogP contribution in [0.25, 0.3) is 0 Å². The Kier molecular flexibility index (Phi) is 5.84. The quantitative estimate of drug-likeness (QED) is 0.588. The van der Waals surface area contributed by atoms with Crippen LogP contribution in [0.1, 0.15) is 59.4 Å². The SMILES string of the molecule is CC(=O)[C@@H](C)C(=O)O[C@@H]1C[C@H](C)CC[C@H]1C(C)(C)c1ccccc1. The zero-order valence-corrected chi connectivity index (χ0v) is 15.5. The van der Waals surface area contributed by atoms with E-state index in [1.54, 1.807) is 6.92 Å². The Labute approximate surface area is 145 Å². The van der Waals surface area contributed by atoms with Gasteiger partial charge in [-0.3, -0.25) is 9.59 Å². The van der Waals surface area contributed by atoms with Crippen molar-refractivity contribution in [2.24, 2.45) is 17.8 Å². The van der Waals surface area contributed by atoms with Crippen LogP contribution in [0.3, 0.4) is 0 Å². The van der Waals surface area contributed by atoms with Gasteiger partial charge in [-0.1, -0.05) is 57.5 Å². The lowest BCUT2D eigenvalue weighted by atomic mass is 9.64. The number of carbonyl (C=O) groups excluding carboxylic acids is 2. The lowest BCUT2D eigenvalue weighted by molar-refractivity contribution is -0.162. The molecule has 1 fully saturated rings. The highest BCUT2D eigenvalue weighted by molar-refractivity contribution is 5.97. The lowest BCUT2D eigenvalue weighted by Gasteiger charge is -2.44. The Morgan fingerprint density at radius 1 is 1.17 bits per heavy atom. The molecule has 0 amide bonds. The van der Waals surface area contributed by atoms with E-state index in [0.717, 1.165) is 19.3 Å². The molecule has 1 saturated carbocycles. The third-order valence-electron chi connectivity index (χ3n) is 5.73. The van der Waals surface area contributed by atoms with Gasteiger partial charge in [-0.25, -0.2) is 0 Å². The smallest absolute Gasteiger partial charge is 0.316 e. The van der Waals surface area contributed by atoms with Crippen LogP contribution in [-0.2, 0) is 19.7 Å². The summed E-state index contributed by atoms with van der Waals surface area (Å²) in [6.45, 7) is 9.76. The van der Waals surface area contributed by atoms with E-state index in [9.17, 15) is 9.59 Å². The fourth-order valence-electron chi connectivity index (χ4n) is 3.78. The van der Waals surface area contributed by atoms with Gasteiger partial charge in [0.15, 0.2) is 0 Å². The molecule has 1 aromatic carbocycles. The number of hydrogen-bond donors (Lipinski definition) is 0. The minimum Gasteiger partial charge on any atom is -0.462 e. The Bertz CT molecular complexity index is 576. The van der Waals surface area contributed by atoms with Crippen LogP contribution in [-0.4, -0.2) is 17.9 Å². The van der Waals surface area contributed by atoms with Crippen molar-refractivity contribution in [3.05, 3.63) is 35.9 Å². The van der Waals surface area contributed by atoms with Crippen molar-refractivity contribution < 1.29 is 14.3 Å². The third kappa shape index (κ3) is 4.06. The minimum atomic E-state index is -0.678. The maximum Gasteiger partial charge on any atom is 0.316 e. The number of ether oxygens (including phenoxy) is 1. The van der Waals surface area contributed by atoms with Crippen molar-refractivity contribution in [3.8, 4) is 0 Å². The largest absolute Gasteiger partial charge is 0.462 e. The number of rotatable bonds is 5. The normalized spacial score (nSPS) is 25.8. The van der Waals surface area contributed by atoms with Crippen molar-refractivity contribution in [3.63, 3.8) is 0 Å². The molecular formula is C21H30O3. The second-order valence-electron chi connectivity index (χ2n) is 7.92. The third-order valence-corrected chi connectivity index (χ3v) is 5.73. The molecule has 0 aliphatic heterocycles. The standard InChI is InChI=1S/C21H30O3/c1-14-11-12-18(21(4,5)17-9-7-6-8-10-17)19(13-14)24-20(23)15(2)16(3)22/h6-10,14-15,18-19H,11-13H2,1-5H3/t14-,15-,18-,19-/m1/s1. The number of carbonyl (C=O) groups is 2. The van der Waals surface area contributed by atoms with Gasteiger partial charge >= 0.3 is 5.97 Å². The van der Waals surface area contributed by atoms with Gasteiger partial charge < -0.3 is 4.74 Å². The van der Waals surface area contributed by atoms with Gasteiger partial charge in [0.1, 0.15) is 17.8 Å². The Balaban J connectivity index is 2.22. The summed E-state index contributed by atoms with van der Waals surface area (Å²) in [5.74, 6) is -0.390. The van der Waals surface area contributed by atoms with Crippen molar-refractivity contribution >= 4 is 11.8 Å². The summed E-state index contributed by atoms with van der Waals surface area (Å²) in [6.07, 6.45) is 2.93. The van der Waals surface area contributed by atoms with Gasteiger partial charge in [-0.2, -0.15) is 0 Å². The molecule has 0 radical (unpaired) electrons. The molecule has 0 spiro atoms. The summed E-state index contributed by atoms with van der Waals surface area (Å²) in [7, 11) is 0. The molecule has 4 atom stereocenters. The van der Waals surface area contributed by atoms with Gasteiger partial charge in [-0.15, -0.1) is 0 Å². The summed E-state index contributed by atoms with van der Waals surface area (Å²) in [5, 5.41) is 0. The van der Waals surface area contributed by atoms with E-state index in [2.05, 4.69) is 45.0 Å². The molecular weight excluding hydrogens is 300 g/mol. The maximum atomic E-state index is 12.3. The summed E-state index contributed by atoms with van der Waals surface area (Å²) < 4.78 is 5.85. The van der Waals surface area contributed by atoms with Crippen molar-refractivity contribution in [1.82, 2.24) is 0 Å². The van der Waals surface area contributed by atoms with Gasteiger partial charge in [-0.05, 0) is 43.6 Å². The van der Waals surface area contributed by atoms with E-state index < -0.39 is 5.92 Å². The Hall–Kier alpha value is -1.64. The molecule has 2 rings (SSSR count). The molecule has 0 bridgehead atoms. The first-order valence-electron chi connectivity index (χ1n) is 9.00. The van der Waals surface area contributed by atoms with Crippen LogP contribution in [0.4, 0.5) is 0 Å². The topological polar surface area (TPSA) is 43.4 Å². The molecule has 24 heavy (non-hydrogen) atoms. The first-order chi connectivity index (χ1) is 11.2. The maximum absolute atomic E-state index is 12.3. The van der Waals surface area contributed by atoms with Crippen molar-refractivity contribution in [2.45, 2.75) is 65.4 Å². The van der Waals surface area contributed by atoms with E-state index in [4.69, 9.17) is 4.74 Å². The molecule has 1 aromatic rings. The second kappa shape index (κ2) is 7.50. The predicted octanol–water partition coefficient (Wildman–Crippen LogP) is 4.54. The molecule has 132 valence electrons. The fourth-order valence-corrected chi connectivity index (χ4v) is 3.78. The molecule has 0 aromatic heterocycles. The predicted molar refractivity (Wildman–Crippen MR) is 95.7 cm³/mol. The van der Waals surface area contributed by atoms with E-state index in [-0.39, 0.29) is 29.2 Å². The van der Waals surface area contributed by atoms with Crippen molar-refractivity contribution in [2.75, 3.05) is 0 Å². The summed E-state index contributed by atoms with van der Waals surface area (Å²) in [6, 6.07) is 10.4. The Morgan fingerprint density at radius 2 is 1.79 bits per heavy atom. The lowest BCUT2D eigenvalue weighted by Crippen LogP contribution is -2.44. The van der Waals surface area contributed by atoms with Crippen LogP contribution < -0.4 is 0 Å². The van der Waals surface area contributed by atoms with Gasteiger partial charge in [0, 0.05) is 5.92 Å². The molecule has 1 aliphatic carbocycles. The monoisotopic (exact) mass is 330 g/mol. The number of benzene rings is 1. The molecule has 0 N–H and O–H groups in total. The van der Waals surface area contributed by atoms with Crippen LogP contribution in [0, 0.1) is 17.8 Å². The molecule has 0 heterocycles. The zero-order chi connectivity index (χ0) is 17.9. The van der Waals surface area contributed by atoms with Gasteiger partial charge in [0.2, 0.25) is 0 Å². The number of hydrogen-bond acceptors (Lipinski definition) is 3. The zero-order valence-electron chi connectivity index (χ0n) is 15.5. The molecule has 3 heteroatoms. The van der Waals surface area contributed by atoms with E-state index in [0.29, 0.717) is 5.92 Å².